The number of carbonyl (C=O) groups is 5. The minimum atomic E-state index is -0.742. The minimum Gasteiger partial charge on any atom is -0.494 e. The van der Waals surface area contributed by atoms with E-state index < -0.39 is 17.5 Å². The number of benzene rings is 1. The summed E-state index contributed by atoms with van der Waals surface area (Å²) in [5, 5.41) is 1.06. The van der Waals surface area contributed by atoms with Gasteiger partial charge in [0.15, 0.2) is 6.10 Å². The third kappa shape index (κ3) is 14.5. The number of hydrogen-bond acceptors (Lipinski definition) is 10. The predicted molar refractivity (Wildman–Crippen MR) is 265 cm³/mol. The summed E-state index contributed by atoms with van der Waals surface area (Å²) in [6.07, 6.45) is 19.4. The lowest BCUT2D eigenvalue weighted by Gasteiger charge is -2.40. The first-order valence-corrected chi connectivity index (χ1v) is 26.6. The second kappa shape index (κ2) is 25.6. The molecule has 6 rings (SSSR count). The molecule has 3 aliphatic carbocycles. The van der Waals surface area contributed by atoms with Gasteiger partial charge in [-0.3, -0.25) is 33.4 Å². The van der Waals surface area contributed by atoms with Crippen molar-refractivity contribution in [3.05, 3.63) is 51.3 Å². The molecule has 1 amide bonds. The molecular weight excluding hydrogens is 915 g/mol. The van der Waals surface area contributed by atoms with Crippen LogP contribution < -0.4 is 0 Å². The molecule has 3 atom stereocenters. The summed E-state index contributed by atoms with van der Waals surface area (Å²) in [6, 6.07) is 6.19. The van der Waals surface area contributed by atoms with Gasteiger partial charge >= 0.3 is 17.9 Å². The first-order chi connectivity index (χ1) is 32.4. The molecule has 13 heteroatoms. The molecule has 2 heterocycles. The molecular formula is C54H78BrN3O9. The molecule has 1 aromatic heterocycles. The van der Waals surface area contributed by atoms with Crippen LogP contribution in [-0.4, -0.2) is 103 Å². The van der Waals surface area contributed by atoms with Gasteiger partial charge in [-0.25, -0.2) is 0 Å². The van der Waals surface area contributed by atoms with Crippen molar-refractivity contribution in [2.24, 2.45) is 11.3 Å². The van der Waals surface area contributed by atoms with Crippen LogP contribution in [-0.2, 0) is 44.5 Å². The lowest BCUT2D eigenvalue weighted by Crippen LogP contribution is -2.47. The average molecular weight is 993 g/mol. The summed E-state index contributed by atoms with van der Waals surface area (Å²) in [5.74, 6) is -0.203. The molecule has 67 heavy (non-hydrogen) atoms. The van der Waals surface area contributed by atoms with Gasteiger partial charge in [-0.1, -0.05) is 83.4 Å². The Morgan fingerprint density at radius 3 is 2.10 bits per heavy atom. The molecule has 0 saturated heterocycles. The maximum absolute atomic E-state index is 13.9. The van der Waals surface area contributed by atoms with Gasteiger partial charge < -0.3 is 23.8 Å². The number of fused-ring (bicyclic) bond motifs is 2. The van der Waals surface area contributed by atoms with Crippen molar-refractivity contribution in [1.29, 1.82) is 0 Å². The van der Waals surface area contributed by atoms with Crippen LogP contribution in [0.4, 0.5) is 0 Å². The Morgan fingerprint density at radius 2 is 1.43 bits per heavy atom. The Morgan fingerprint density at radius 1 is 0.776 bits per heavy atom. The fraction of sp³-hybridized carbons (Fsp3) is 0.685. The van der Waals surface area contributed by atoms with Crippen molar-refractivity contribution in [2.75, 3.05) is 46.5 Å². The number of esters is 3. The Kier molecular flexibility index (Phi) is 20.0. The van der Waals surface area contributed by atoms with E-state index in [2.05, 4.69) is 53.9 Å². The number of likely N-dealkylation sites (N-methyl/N-ethyl adjacent to an activating group) is 1. The van der Waals surface area contributed by atoms with Gasteiger partial charge in [0.25, 0.3) is 0 Å². The number of allylic oxidation sites excluding steroid dienone is 2. The zero-order valence-corrected chi connectivity index (χ0v) is 42.8. The summed E-state index contributed by atoms with van der Waals surface area (Å²) in [6.45, 7) is 10.7. The van der Waals surface area contributed by atoms with Crippen molar-refractivity contribution in [1.82, 2.24) is 14.4 Å². The molecule has 2 unspecified atom stereocenters. The van der Waals surface area contributed by atoms with E-state index in [-0.39, 0.29) is 74.8 Å². The molecule has 0 bridgehead atoms. The van der Waals surface area contributed by atoms with E-state index in [1.807, 2.05) is 30.9 Å². The van der Waals surface area contributed by atoms with Crippen LogP contribution in [0.5, 0.6) is 0 Å². The molecule has 370 valence electrons. The Balaban J connectivity index is 0.971. The molecule has 0 N–H and O–H groups in total. The highest BCUT2D eigenvalue weighted by atomic mass is 79.9. The van der Waals surface area contributed by atoms with Crippen molar-refractivity contribution < 1.29 is 42.9 Å². The number of rotatable bonds is 30. The Hall–Kier alpha value is -3.97. The van der Waals surface area contributed by atoms with Crippen LogP contribution in [0.3, 0.4) is 0 Å². The Labute approximate surface area is 408 Å². The fourth-order valence-corrected chi connectivity index (χ4v) is 10.7. The largest absolute Gasteiger partial charge is 0.494 e. The van der Waals surface area contributed by atoms with Crippen LogP contribution in [0.2, 0.25) is 0 Å². The van der Waals surface area contributed by atoms with Crippen molar-refractivity contribution in [3.63, 3.8) is 0 Å². The normalized spacial score (nSPS) is 18.4. The monoisotopic (exact) mass is 991 g/mol. The molecule has 0 radical (unpaired) electrons. The fourth-order valence-electron chi connectivity index (χ4n) is 9.94. The van der Waals surface area contributed by atoms with Gasteiger partial charge in [-0.15, -0.1) is 0 Å². The van der Waals surface area contributed by atoms with E-state index >= 15 is 0 Å². The van der Waals surface area contributed by atoms with Gasteiger partial charge in [0, 0.05) is 50.3 Å². The Bertz CT molecular complexity index is 2090. The second-order valence-electron chi connectivity index (χ2n) is 19.6. The third-order valence-electron chi connectivity index (χ3n) is 14.2. The highest BCUT2D eigenvalue weighted by molar-refractivity contribution is 9.10. The maximum atomic E-state index is 13.9. The molecule has 2 saturated carbocycles. The number of unbranched alkanes of at least 4 members (excludes halogenated alkanes) is 9. The van der Waals surface area contributed by atoms with E-state index in [4.69, 9.17) is 18.9 Å². The zero-order valence-electron chi connectivity index (χ0n) is 41.2. The van der Waals surface area contributed by atoms with Crippen LogP contribution >= 0.6 is 15.9 Å². The lowest BCUT2D eigenvalue weighted by atomic mass is 9.79. The first-order valence-electron chi connectivity index (χ1n) is 25.8. The summed E-state index contributed by atoms with van der Waals surface area (Å²) < 4.78 is 26.0. The summed E-state index contributed by atoms with van der Waals surface area (Å²) in [5.41, 5.74) is 5.00. The molecule has 12 nitrogen and oxygen atoms in total. The second-order valence-corrected chi connectivity index (χ2v) is 20.3. The molecule has 2 fully saturated rings. The molecule has 1 aliphatic heterocycles. The van der Waals surface area contributed by atoms with Gasteiger partial charge in [0.2, 0.25) is 11.8 Å². The maximum Gasteiger partial charge on any atom is 0.306 e. The topological polar surface area (TPSA) is 134 Å². The highest BCUT2D eigenvalue weighted by Gasteiger charge is 2.47. The number of halogens is 1. The lowest BCUT2D eigenvalue weighted by molar-refractivity contribution is -0.163. The van der Waals surface area contributed by atoms with E-state index in [1.165, 1.54) is 24.8 Å². The van der Waals surface area contributed by atoms with Gasteiger partial charge in [-0.2, -0.15) is 0 Å². The predicted octanol–water partition coefficient (Wildman–Crippen LogP) is 11.3. The number of carbonyl (C=O) groups excluding carboxylic acids is 5. The SMILES string of the molecule is CCCCCCCC(=O)OCC(COC(CCCCCCC)=C1CC1)OC(=O)CC1(CC(=O)OCCCCC(=O)n2c(Br)c3c4c(cccc42)C2=C[C@@H](C(=O)N(CC)CC)CN(C)C2C3)CC1. The molecule has 2 aromatic rings. The van der Waals surface area contributed by atoms with Crippen LogP contribution in [0, 0.1) is 11.3 Å². The quantitative estimate of drug-likeness (QED) is 0.0322. The smallest absolute Gasteiger partial charge is 0.306 e. The van der Waals surface area contributed by atoms with Gasteiger partial charge in [0.1, 0.15) is 13.2 Å². The van der Waals surface area contributed by atoms with Gasteiger partial charge in [-0.05, 0) is 128 Å². The van der Waals surface area contributed by atoms with E-state index in [1.54, 1.807) is 4.57 Å². The number of ether oxygens (including phenoxy) is 4. The highest BCUT2D eigenvalue weighted by Crippen LogP contribution is 2.52. The summed E-state index contributed by atoms with van der Waals surface area (Å²) in [7, 11) is 2.08. The zero-order chi connectivity index (χ0) is 47.9. The molecule has 0 spiro atoms. The minimum absolute atomic E-state index is 0.0347. The van der Waals surface area contributed by atoms with Crippen molar-refractivity contribution >= 4 is 62.1 Å². The van der Waals surface area contributed by atoms with Gasteiger partial charge in [0.05, 0.1) is 41.2 Å². The van der Waals surface area contributed by atoms with E-state index in [0.717, 1.165) is 121 Å². The number of aromatic nitrogens is 1. The number of amides is 1. The third-order valence-corrected chi connectivity index (χ3v) is 15.1. The van der Waals surface area contributed by atoms with E-state index in [0.29, 0.717) is 38.9 Å². The van der Waals surface area contributed by atoms with Crippen LogP contribution in [0.15, 0.2) is 40.2 Å². The summed E-state index contributed by atoms with van der Waals surface area (Å²) in [4.78, 5) is 70.6. The number of hydrogen-bond donors (Lipinski definition) is 0. The number of nitrogens with zero attached hydrogens (tertiary/aromatic N) is 3. The first kappa shape index (κ1) is 52.4. The van der Waals surface area contributed by atoms with E-state index in [9.17, 15) is 24.0 Å². The molecule has 1 aromatic carbocycles. The average Bonchev–Trinajstić information content (AvgIpc) is 4.26. The van der Waals surface area contributed by atoms with Crippen molar-refractivity contribution in [3.8, 4) is 0 Å². The van der Waals surface area contributed by atoms with Crippen molar-refractivity contribution in [2.45, 2.75) is 181 Å². The van der Waals surface area contributed by atoms with Crippen LogP contribution in [0.25, 0.3) is 16.5 Å². The van der Waals surface area contributed by atoms with Crippen LogP contribution in [0.1, 0.15) is 178 Å². The molecule has 4 aliphatic rings. The standard InChI is InChI=1S/C54H78BrN3O9/c1-6-10-12-14-16-23-46(38-26-27-38)65-36-40(37-66-48(60)25-17-15-13-11-7-2)67-50(62)34-54(28-29-54)33-49(61)64-30-19-18-24-47(59)58-44-22-20-21-41-42-31-39(53(63)57(8-3)9-4)35-56(5)45(42)32-43(51(41)44)52(58)55/h20-22,31,39-40,45H,6-19,23-30,32-37H2,1-5H3/t39-,40?,45?/m1/s1. The summed E-state index contributed by atoms with van der Waals surface area (Å²) >= 11 is 3.81.